The highest BCUT2D eigenvalue weighted by molar-refractivity contribution is 7.92. The van der Waals surface area contributed by atoms with Crippen LogP contribution < -0.4 is 9.62 Å². The van der Waals surface area contributed by atoms with Gasteiger partial charge in [-0.15, -0.1) is 0 Å². The van der Waals surface area contributed by atoms with Crippen LogP contribution in [-0.4, -0.2) is 50.5 Å². The topological polar surface area (TPSA) is 86.8 Å². The van der Waals surface area contributed by atoms with Crippen LogP contribution in [-0.2, 0) is 32.3 Å². The first kappa shape index (κ1) is 30.1. The average Bonchev–Trinajstić information content (AvgIpc) is 2.81. The van der Waals surface area contributed by atoms with E-state index in [0.717, 1.165) is 28.8 Å². The summed E-state index contributed by atoms with van der Waals surface area (Å²) in [6, 6.07) is 8.61. The zero-order chi connectivity index (χ0) is 27.8. The number of benzene rings is 2. The van der Waals surface area contributed by atoms with Crippen LogP contribution in [0.5, 0.6) is 0 Å². The summed E-state index contributed by atoms with van der Waals surface area (Å²) in [5.41, 5.74) is -0.561. The smallest absolute Gasteiger partial charge is 0.355 e. The van der Waals surface area contributed by atoms with Crippen molar-refractivity contribution in [1.29, 1.82) is 0 Å². The third-order valence-electron chi connectivity index (χ3n) is 5.62. The summed E-state index contributed by atoms with van der Waals surface area (Å²) in [6.45, 7) is 3.62. The van der Waals surface area contributed by atoms with Gasteiger partial charge in [0, 0.05) is 26.1 Å². The number of sulfonamides is 1. The summed E-state index contributed by atoms with van der Waals surface area (Å²) in [6.07, 6.45) is -3.64. The van der Waals surface area contributed by atoms with Crippen molar-refractivity contribution in [3.05, 3.63) is 65.5 Å². The fourth-order valence-corrected chi connectivity index (χ4v) is 4.80. The van der Waals surface area contributed by atoms with Crippen molar-refractivity contribution >= 4 is 27.5 Å². The van der Waals surface area contributed by atoms with Crippen molar-refractivity contribution in [2.45, 2.75) is 51.9 Å². The molecular weight excluding hydrogens is 514 g/mol. The molecule has 0 heterocycles. The van der Waals surface area contributed by atoms with Crippen molar-refractivity contribution < 1.29 is 35.6 Å². The van der Waals surface area contributed by atoms with Crippen LogP contribution in [0.15, 0.2) is 48.5 Å². The first-order valence-corrected chi connectivity index (χ1v) is 13.6. The Balaban J connectivity index is 2.24. The molecule has 0 radical (unpaired) electrons. The van der Waals surface area contributed by atoms with Crippen LogP contribution in [0.25, 0.3) is 0 Å². The highest BCUT2D eigenvalue weighted by atomic mass is 32.2. The molecule has 1 unspecified atom stereocenters. The van der Waals surface area contributed by atoms with Crippen molar-refractivity contribution in [2.75, 3.05) is 23.7 Å². The summed E-state index contributed by atoms with van der Waals surface area (Å²) in [5, 5.41) is 2.69. The van der Waals surface area contributed by atoms with Gasteiger partial charge in [0.2, 0.25) is 21.8 Å². The van der Waals surface area contributed by atoms with E-state index in [-0.39, 0.29) is 37.5 Å². The van der Waals surface area contributed by atoms with Crippen molar-refractivity contribution in [1.82, 2.24) is 10.2 Å². The summed E-state index contributed by atoms with van der Waals surface area (Å²) in [7, 11) is -3.95. The van der Waals surface area contributed by atoms with Crippen molar-refractivity contribution in [3.63, 3.8) is 0 Å². The maximum absolute atomic E-state index is 13.3. The number of alkyl halides is 3. The molecule has 0 bridgehead atoms. The first-order chi connectivity index (χ1) is 17.3. The van der Waals surface area contributed by atoms with E-state index in [9.17, 15) is 35.6 Å². The average molecular weight is 546 g/mol. The van der Waals surface area contributed by atoms with Gasteiger partial charge in [-0.25, -0.2) is 12.8 Å². The molecule has 0 spiro atoms. The molecule has 37 heavy (non-hydrogen) atoms. The van der Waals surface area contributed by atoms with Gasteiger partial charge in [-0.2, -0.15) is 13.2 Å². The number of likely N-dealkylation sites (N-methyl/N-ethyl adjacent to an activating group) is 1. The third kappa shape index (κ3) is 8.73. The molecule has 12 heteroatoms. The Morgan fingerprint density at radius 1 is 1.05 bits per heavy atom. The molecule has 2 amide bonds. The van der Waals surface area contributed by atoms with Crippen LogP contribution in [0.3, 0.4) is 0 Å². The summed E-state index contributed by atoms with van der Waals surface area (Å²) < 4.78 is 78.3. The lowest BCUT2D eigenvalue weighted by atomic mass is 10.1. The summed E-state index contributed by atoms with van der Waals surface area (Å²) >= 11 is 0. The Morgan fingerprint density at radius 2 is 1.70 bits per heavy atom. The van der Waals surface area contributed by atoms with Crippen LogP contribution in [0.1, 0.15) is 44.2 Å². The minimum absolute atomic E-state index is 0.00605. The molecule has 0 aliphatic carbocycles. The maximum atomic E-state index is 13.3. The van der Waals surface area contributed by atoms with Crippen molar-refractivity contribution in [3.8, 4) is 0 Å². The van der Waals surface area contributed by atoms with Crippen LogP contribution >= 0.6 is 0 Å². The monoisotopic (exact) mass is 545 g/mol. The normalized spacial score (nSPS) is 12.6. The third-order valence-corrected chi connectivity index (χ3v) is 6.81. The molecule has 0 aliphatic rings. The Labute approximate surface area is 214 Å². The van der Waals surface area contributed by atoms with Crippen LogP contribution in [0.2, 0.25) is 0 Å². The van der Waals surface area contributed by atoms with Gasteiger partial charge >= 0.3 is 6.18 Å². The standard InChI is InChI=1S/C25H31F4N3O4S/c1-4-22(24(34)30-5-2)31(17-18-11-13-20(26)14-12-18)23(33)10-7-15-32(37(3,35)36)21-9-6-8-19(16-21)25(27,28)29/h6,8-9,11-14,16,22H,4-5,7,10,15,17H2,1-3H3,(H,30,34). The Morgan fingerprint density at radius 3 is 2.24 bits per heavy atom. The van der Waals surface area contributed by atoms with Gasteiger partial charge in [-0.1, -0.05) is 25.1 Å². The lowest BCUT2D eigenvalue weighted by Gasteiger charge is -2.31. The van der Waals surface area contributed by atoms with E-state index < -0.39 is 39.5 Å². The Kier molecular flexibility index (Phi) is 10.5. The molecule has 1 N–H and O–H groups in total. The molecule has 0 aromatic heterocycles. The molecule has 2 aromatic carbocycles. The lowest BCUT2D eigenvalue weighted by Crippen LogP contribution is -2.49. The van der Waals surface area contributed by atoms with E-state index in [1.54, 1.807) is 13.8 Å². The molecule has 0 saturated carbocycles. The van der Waals surface area contributed by atoms with E-state index in [2.05, 4.69) is 5.32 Å². The van der Waals surface area contributed by atoms with Gasteiger partial charge in [0.05, 0.1) is 17.5 Å². The van der Waals surface area contributed by atoms with Gasteiger partial charge < -0.3 is 10.2 Å². The molecule has 1 atom stereocenters. The number of halogens is 4. The maximum Gasteiger partial charge on any atom is 0.416 e. The van der Waals surface area contributed by atoms with Crippen LogP contribution in [0, 0.1) is 5.82 Å². The fraction of sp³-hybridized carbons (Fsp3) is 0.440. The number of hydrogen-bond acceptors (Lipinski definition) is 4. The number of nitrogens with zero attached hydrogens (tertiary/aromatic N) is 2. The molecule has 7 nitrogen and oxygen atoms in total. The number of hydrogen-bond donors (Lipinski definition) is 1. The largest absolute Gasteiger partial charge is 0.416 e. The highest BCUT2D eigenvalue weighted by Gasteiger charge is 2.32. The van der Waals surface area contributed by atoms with E-state index in [1.807, 2.05) is 0 Å². The number of anilines is 1. The predicted molar refractivity (Wildman–Crippen MR) is 133 cm³/mol. The number of amides is 2. The number of carbonyl (C=O) groups is 2. The second kappa shape index (κ2) is 12.9. The molecule has 0 saturated heterocycles. The highest BCUT2D eigenvalue weighted by Crippen LogP contribution is 2.32. The number of nitrogens with one attached hydrogen (secondary N) is 1. The minimum Gasteiger partial charge on any atom is -0.355 e. The van der Waals surface area contributed by atoms with E-state index in [4.69, 9.17) is 0 Å². The molecular formula is C25H31F4N3O4S. The number of rotatable bonds is 12. The van der Waals surface area contributed by atoms with Crippen LogP contribution in [0.4, 0.5) is 23.2 Å². The minimum atomic E-state index is -4.65. The molecule has 2 aromatic rings. The zero-order valence-electron chi connectivity index (χ0n) is 20.9. The first-order valence-electron chi connectivity index (χ1n) is 11.7. The second-order valence-electron chi connectivity index (χ2n) is 8.45. The van der Waals surface area contributed by atoms with E-state index in [0.29, 0.717) is 18.5 Å². The molecule has 0 aliphatic heterocycles. The Hall–Kier alpha value is -3.15. The van der Waals surface area contributed by atoms with Crippen molar-refractivity contribution in [2.24, 2.45) is 0 Å². The predicted octanol–water partition coefficient (Wildman–Crippen LogP) is 4.33. The summed E-state index contributed by atoms with van der Waals surface area (Å²) in [4.78, 5) is 27.2. The molecule has 2 rings (SSSR count). The van der Waals surface area contributed by atoms with Gasteiger partial charge in [-0.05, 0) is 55.7 Å². The zero-order valence-corrected chi connectivity index (χ0v) is 21.7. The van der Waals surface area contributed by atoms with Gasteiger partial charge in [0.25, 0.3) is 0 Å². The Bertz CT molecular complexity index is 1170. The van der Waals surface area contributed by atoms with Gasteiger partial charge in [0.1, 0.15) is 11.9 Å². The number of carbonyl (C=O) groups excluding carboxylic acids is 2. The lowest BCUT2D eigenvalue weighted by molar-refractivity contribution is -0.141. The van der Waals surface area contributed by atoms with Gasteiger partial charge in [-0.3, -0.25) is 13.9 Å². The second-order valence-corrected chi connectivity index (χ2v) is 10.4. The molecule has 0 fully saturated rings. The van der Waals surface area contributed by atoms with E-state index in [1.165, 1.54) is 35.2 Å². The molecule has 204 valence electrons. The fourth-order valence-electron chi connectivity index (χ4n) is 3.84. The SMILES string of the molecule is CCNC(=O)C(CC)N(Cc1ccc(F)cc1)C(=O)CCCN(c1cccc(C(F)(F)F)c1)S(C)(=O)=O. The van der Waals surface area contributed by atoms with E-state index >= 15 is 0 Å². The quantitative estimate of drug-likeness (QED) is 0.402. The summed E-state index contributed by atoms with van der Waals surface area (Å²) in [5.74, 6) is -1.25. The van der Waals surface area contributed by atoms with Gasteiger partial charge in [0.15, 0.2) is 0 Å².